The van der Waals surface area contributed by atoms with Crippen molar-refractivity contribution in [2.45, 2.75) is 52.5 Å². The highest BCUT2D eigenvalue weighted by molar-refractivity contribution is 7.09. The topological polar surface area (TPSA) is 52.6 Å². The van der Waals surface area contributed by atoms with Crippen LogP contribution < -0.4 is 10.6 Å². The van der Waals surface area contributed by atoms with Crippen LogP contribution in [-0.2, 0) is 6.42 Å². The first kappa shape index (κ1) is 18.2. The number of guanidine groups is 1. The van der Waals surface area contributed by atoms with E-state index in [1.165, 1.54) is 31.5 Å². The Morgan fingerprint density at radius 1 is 1.39 bits per heavy atom. The number of aliphatic imine (C=N–C) groups is 1. The molecule has 1 saturated heterocycles. The molecule has 0 radical (unpaired) electrons. The van der Waals surface area contributed by atoms with E-state index >= 15 is 0 Å². The lowest BCUT2D eigenvalue weighted by Gasteiger charge is -2.33. The summed E-state index contributed by atoms with van der Waals surface area (Å²) in [6.07, 6.45) is 4.89. The van der Waals surface area contributed by atoms with Crippen molar-refractivity contribution in [3.63, 3.8) is 0 Å². The number of likely N-dealkylation sites (N-methyl/N-ethyl adjacent to an activating group) is 1. The minimum Gasteiger partial charge on any atom is -0.357 e. The van der Waals surface area contributed by atoms with E-state index in [4.69, 9.17) is 4.99 Å². The number of hydrogen-bond acceptors (Lipinski definition) is 4. The highest BCUT2D eigenvalue weighted by atomic mass is 32.1. The Bertz CT molecular complexity index is 485. The molecular weight excluding hydrogens is 306 g/mol. The van der Waals surface area contributed by atoms with Gasteiger partial charge in [0.05, 0.1) is 17.2 Å². The Balaban J connectivity index is 1.81. The van der Waals surface area contributed by atoms with Gasteiger partial charge < -0.3 is 10.6 Å². The van der Waals surface area contributed by atoms with Crippen molar-refractivity contribution < 1.29 is 0 Å². The van der Waals surface area contributed by atoms with Crippen LogP contribution in [0.1, 0.15) is 43.8 Å². The maximum absolute atomic E-state index is 4.81. The molecule has 1 aliphatic heterocycles. The molecule has 1 unspecified atom stereocenters. The number of thiazole rings is 1. The summed E-state index contributed by atoms with van der Waals surface area (Å²) < 4.78 is 0. The molecule has 0 amide bonds. The van der Waals surface area contributed by atoms with Gasteiger partial charge in [0, 0.05) is 30.9 Å². The van der Waals surface area contributed by atoms with E-state index in [1.54, 1.807) is 11.3 Å². The zero-order valence-electron chi connectivity index (χ0n) is 14.8. The standard InChI is InChI=1S/C17H31N5S/c1-4-18-17(19-10-9-15-13-23-14(3)21-15)20-12-16-8-6-7-11-22(16)5-2/h13,16H,4-12H2,1-3H3,(H2,18,19,20). The second-order valence-electron chi connectivity index (χ2n) is 6.03. The van der Waals surface area contributed by atoms with Crippen molar-refractivity contribution >= 4 is 17.3 Å². The second-order valence-corrected chi connectivity index (χ2v) is 7.09. The summed E-state index contributed by atoms with van der Waals surface area (Å²) in [5.41, 5.74) is 1.17. The van der Waals surface area contributed by atoms with Gasteiger partial charge in [-0.2, -0.15) is 0 Å². The minimum atomic E-state index is 0.602. The molecule has 2 N–H and O–H groups in total. The number of aromatic nitrogens is 1. The monoisotopic (exact) mass is 337 g/mol. The van der Waals surface area contributed by atoms with Gasteiger partial charge in [0.1, 0.15) is 0 Å². The number of rotatable bonds is 7. The van der Waals surface area contributed by atoms with E-state index in [0.29, 0.717) is 6.04 Å². The van der Waals surface area contributed by atoms with E-state index < -0.39 is 0 Å². The fourth-order valence-corrected chi connectivity index (χ4v) is 3.70. The predicted octanol–water partition coefficient (Wildman–Crippen LogP) is 2.42. The highest BCUT2D eigenvalue weighted by Gasteiger charge is 2.20. The third-order valence-electron chi connectivity index (χ3n) is 4.30. The molecule has 6 heteroatoms. The molecule has 0 aliphatic carbocycles. The number of hydrogen-bond donors (Lipinski definition) is 2. The lowest BCUT2D eigenvalue weighted by Crippen LogP contribution is -2.43. The number of aryl methyl sites for hydroxylation is 1. The molecule has 2 heterocycles. The second kappa shape index (κ2) is 9.88. The van der Waals surface area contributed by atoms with Crippen LogP contribution in [0, 0.1) is 6.92 Å². The van der Waals surface area contributed by atoms with Crippen molar-refractivity contribution in [3.8, 4) is 0 Å². The molecule has 0 saturated carbocycles. The third-order valence-corrected chi connectivity index (χ3v) is 5.12. The molecule has 2 rings (SSSR count). The third kappa shape index (κ3) is 6.11. The summed E-state index contributed by atoms with van der Waals surface area (Å²) in [6, 6.07) is 0.602. The molecule has 1 aliphatic rings. The van der Waals surface area contributed by atoms with Crippen molar-refractivity contribution in [3.05, 3.63) is 16.1 Å². The fourth-order valence-electron chi connectivity index (χ4n) is 3.05. The lowest BCUT2D eigenvalue weighted by atomic mass is 10.0. The highest BCUT2D eigenvalue weighted by Crippen LogP contribution is 2.16. The first-order chi connectivity index (χ1) is 11.2. The van der Waals surface area contributed by atoms with Crippen LogP contribution in [0.5, 0.6) is 0 Å². The summed E-state index contributed by atoms with van der Waals surface area (Å²) in [6.45, 7) is 11.4. The fraction of sp³-hybridized carbons (Fsp3) is 0.765. The Morgan fingerprint density at radius 2 is 2.26 bits per heavy atom. The van der Waals surface area contributed by atoms with Crippen LogP contribution in [0.15, 0.2) is 10.4 Å². The van der Waals surface area contributed by atoms with Crippen LogP contribution in [0.4, 0.5) is 0 Å². The lowest BCUT2D eigenvalue weighted by molar-refractivity contribution is 0.161. The summed E-state index contributed by atoms with van der Waals surface area (Å²) in [7, 11) is 0. The maximum Gasteiger partial charge on any atom is 0.191 e. The SMILES string of the molecule is CCNC(=NCC1CCCCN1CC)NCCc1csc(C)n1. The Labute approximate surface area is 144 Å². The van der Waals surface area contributed by atoms with E-state index in [-0.39, 0.29) is 0 Å². The van der Waals surface area contributed by atoms with Gasteiger partial charge in [0.2, 0.25) is 0 Å². The van der Waals surface area contributed by atoms with Crippen LogP contribution in [0.25, 0.3) is 0 Å². The minimum absolute atomic E-state index is 0.602. The van der Waals surface area contributed by atoms with Gasteiger partial charge in [-0.05, 0) is 39.8 Å². The summed E-state index contributed by atoms with van der Waals surface area (Å²) in [5, 5.41) is 10.1. The van der Waals surface area contributed by atoms with Crippen LogP contribution in [-0.4, -0.2) is 54.6 Å². The van der Waals surface area contributed by atoms with Gasteiger partial charge in [-0.1, -0.05) is 13.3 Å². The average Bonchev–Trinajstić information content (AvgIpc) is 2.98. The first-order valence-corrected chi connectivity index (χ1v) is 9.78. The van der Waals surface area contributed by atoms with E-state index in [9.17, 15) is 0 Å². The molecule has 23 heavy (non-hydrogen) atoms. The van der Waals surface area contributed by atoms with Gasteiger partial charge in [-0.3, -0.25) is 9.89 Å². The molecule has 130 valence electrons. The Kier molecular flexibility index (Phi) is 7.82. The normalized spacial score (nSPS) is 19.8. The number of piperidine rings is 1. The quantitative estimate of drug-likeness (QED) is 0.593. The maximum atomic E-state index is 4.81. The van der Waals surface area contributed by atoms with E-state index in [2.05, 4.69) is 46.7 Å². The summed E-state index contributed by atoms with van der Waals surface area (Å²) in [5.74, 6) is 0.932. The molecular formula is C17H31N5S. The van der Waals surface area contributed by atoms with Crippen molar-refractivity contribution in [1.82, 2.24) is 20.5 Å². The molecule has 0 spiro atoms. The zero-order chi connectivity index (χ0) is 16.5. The van der Waals surface area contributed by atoms with Crippen molar-refractivity contribution in [1.29, 1.82) is 0 Å². The molecule has 1 aromatic rings. The predicted molar refractivity (Wildman–Crippen MR) is 99.4 cm³/mol. The smallest absolute Gasteiger partial charge is 0.191 e. The van der Waals surface area contributed by atoms with E-state index in [1.807, 2.05) is 0 Å². The Morgan fingerprint density at radius 3 is 2.96 bits per heavy atom. The number of nitrogens with one attached hydrogen (secondary N) is 2. The van der Waals surface area contributed by atoms with Gasteiger partial charge in [-0.25, -0.2) is 4.98 Å². The first-order valence-electron chi connectivity index (χ1n) is 8.90. The molecule has 1 atom stereocenters. The number of likely N-dealkylation sites (tertiary alicyclic amines) is 1. The van der Waals surface area contributed by atoms with Gasteiger partial charge in [-0.15, -0.1) is 11.3 Å². The van der Waals surface area contributed by atoms with Crippen molar-refractivity contribution in [2.24, 2.45) is 4.99 Å². The molecule has 0 aromatic carbocycles. The van der Waals surface area contributed by atoms with Crippen molar-refractivity contribution in [2.75, 3.05) is 32.7 Å². The molecule has 0 bridgehead atoms. The molecule has 1 fully saturated rings. The van der Waals surface area contributed by atoms with Crippen LogP contribution in [0.3, 0.4) is 0 Å². The number of nitrogens with zero attached hydrogens (tertiary/aromatic N) is 3. The van der Waals surface area contributed by atoms with Crippen LogP contribution in [0.2, 0.25) is 0 Å². The van der Waals surface area contributed by atoms with Gasteiger partial charge >= 0.3 is 0 Å². The summed E-state index contributed by atoms with van der Waals surface area (Å²) >= 11 is 1.71. The Hall–Kier alpha value is -1.14. The average molecular weight is 338 g/mol. The zero-order valence-corrected chi connectivity index (χ0v) is 15.6. The molecule has 5 nitrogen and oxygen atoms in total. The molecule has 1 aromatic heterocycles. The van der Waals surface area contributed by atoms with Gasteiger partial charge in [0.15, 0.2) is 5.96 Å². The summed E-state index contributed by atoms with van der Waals surface area (Å²) in [4.78, 5) is 11.9. The van der Waals surface area contributed by atoms with Crippen LogP contribution >= 0.6 is 11.3 Å². The van der Waals surface area contributed by atoms with Gasteiger partial charge in [0.25, 0.3) is 0 Å². The van der Waals surface area contributed by atoms with E-state index in [0.717, 1.165) is 43.6 Å². The largest absolute Gasteiger partial charge is 0.357 e.